The van der Waals surface area contributed by atoms with Crippen LogP contribution in [0.15, 0.2) is 84.5 Å². The lowest BCUT2D eigenvalue weighted by molar-refractivity contribution is -0.432. The van der Waals surface area contributed by atoms with E-state index in [4.69, 9.17) is 21.1 Å². The first kappa shape index (κ1) is 26.7. The van der Waals surface area contributed by atoms with Crippen LogP contribution in [-0.4, -0.2) is 49.7 Å². The van der Waals surface area contributed by atoms with Gasteiger partial charge in [-0.3, -0.25) is 15.1 Å². The number of ether oxygens (including phenoxy) is 2. The van der Waals surface area contributed by atoms with Gasteiger partial charge in [-0.2, -0.15) is 0 Å². The number of pyridine rings is 1. The largest absolute Gasteiger partial charge is 0.490 e. The monoisotopic (exact) mass is 571 g/mol. The Morgan fingerprint density at radius 3 is 2.54 bits per heavy atom. The van der Waals surface area contributed by atoms with E-state index >= 15 is 0 Å². The lowest BCUT2D eigenvalue weighted by Gasteiger charge is -2.38. The van der Waals surface area contributed by atoms with E-state index in [0.717, 1.165) is 54.0 Å². The van der Waals surface area contributed by atoms with Crippen LogP contribution in [0.3, 0.4) is 0 Å². The van der Waals surface area contributed by atoms with Gasteiger partial charge in [-0.05, 0) is 55.0 Å². The standard InChI is InChI=1S/C31H30ClN5O4/c1-3-40-27-6-4-5-24-28(29(37(38)39)31(33-2)41-30(24)27)20-7-10-22(11-8-20)35-15-17-36(18-16-35)26-13-14-34-25-19-21(32)9-12-23(25)26/h4-14,19,28,33H,3,15-18H2,1-2H3. The number of benzene rings is 3. The highest BCUT2D eigenvalue weighted by Crippen LogP contribution is 2.47. The number of allylic oxidation sites excluding steroid dienone is 1. The molecule has 0 spiro atoms. The van der Waals surface area contributed by atoms with E-state index in [-0.39, 0.29) is 16.5 Å². The molecule has 10 heteroatoms. The van der Waals surface area contributed by atoms with Crippen molar-refractivity contribution in [1.29, 1.82) is 0 Å². The van der Waals surface area contributed by atoms with Crippen molar-refractivity contribution < 1.29 is 14.4 Å². The normalized spacial score (nSPS) is 16.8. The predicted octanol–water partition coefficient (Wildman–Crippen LogP) is 5.80. The highest BCUT2D eigenvalue weighted by atomic mass is 35.5. The molecule has 1 fully saturated rings. The molecule has 0 aliphatic carbocycles. The molecular formula is C31H30ClN5O4. The van der Waals surface area contributed by atoms with Crippen molar-refractivity contribution in [2.24, 2.45) is 0 Å². The number of rotatable bonds is 7. The van der Waals surface area contributed by atoms with Crippen LogP contribution < -0.4 is 24.6 Å². The van der Waals surface area contributed by atoms with Gasteiger partial charge in [-0.1, -0.05) is 35.9 Å². The summed E-state index contributed by atoms with van der Waals surface area (Å²) in [6, 6.07) is 21.5. The van der Waals surface area contributed by atoms with Gasteiger partial charge in [0.15, 0.2) is 11.5 Å². The number of nitrogens with one attached hydrogen (secondary N) is 1. The van der Waals surface area contributed by atoms with Gasteiger partial charge in [0.1, 0.15) is 5.92 Å². The van der Waals surface area contributed by atoms with E-state index in [2.05, 4.69) is 26.2 Å². The lowest BCUT2D eigenvalue weighted by atomic mass is 9.86. The molecule has 2 aliphatic rings. The van der Waals surface area contributed by atoms with Gasteiger partial charge in [0.25, 0.3) is 5.88 Å². The lowest BCUT2D eigenvalue weighted by Crippen LogP contribution is -2.46. The molecule has 41 heavy (non-hydrogen) atoms. The van der Waals surface area contributed by atoms with Gasteiger partial charge < -0.3 is 24.6 Å². The van der Waals surface area contributed by atoms with Crippen molar-refractivity contribution in [3.05, 3.63) is 111 Å². The average molecular weight is 572 g/mol. The average Bonchev–Trinajstić information content (AvgIpc) is 3.00. The quantitative estimate of drug-likeness (QED) is 0.220. The summed E-state index contributed by atoms with van der Waals surface area (Å²) in [4.78, 5) is 21.1. The molecule has 1 unspecified atom stereocenters. The van der Waals surface area contributed by atoms with Crippen LogP contribution in [-0.2, 0) is 0 Å². The Labute approximate surface area is 243 Å². The first-order valence-electron chi connectivity index (χ1n) is 13.6. The number of piperazine rings is 1. The Kier molecular flexibility index (Phi) is 7.28. The number of aromatic nitrogens is 1. The van der Waals surface area contributed by atoms with Gasteiger partial charge >= 0.3 is 5.70 Å². The van der Waals surface area contributed by atoms with Crippen LogP contribution in [0.1, 0.15) is 24.0 Å². The SMILES string of the molecule is CCOc1cccc2c1OC(NC)=C([N+](=O)[O-])C2c1ccc(N2CCN(c3ccnc4cc(Cl)ccc34)CC2)cc1. The molecule has 2 aliphatic heterocycles. The summed E-state index contributed by atoms with van der Waals surface area (Å²) in [6.07, 6.45) is 1.83. The second kappa shape index (κ2) is 11.2. The number of nitro groups is 1. The fourth-order valence-electron chi connectivity index (χ4n) is 5.74. The third-order valence-electron chi connectivity index (χ3n) is 7.65. The van der Waals surface area contributed by atoms with Crippen LogP contribution >= 0.6 is 11.6 Å². The van der Waals surface area contributed by atoms with Crippen LogP contribution in [0.5, 0.6) is 11.5 Å². The minimum atomic E-state index is -0.615. The number of anilines is 2. The third-order valence-corrected chi connectivity index (χ3v) is 7.88. The molecule has 0 radical (unpaired) electrons. The molecular weight excluding hydrogens is 542 g/mol. The smallest absolute Gasteiger partial charge is 0.317 e. The van der Waals surface area contributed by atoms with E-state index in [9.17, 15) is 10.1 Å². The zero-order valence-corrected chi connectivity index (χ0v) is 23.6. The fourth-order valence-corrected chi connectivity index (χ4v) is 5.91. The summed E-state index contributed by atoms with van der Waals surface area (Å²) in [5, 5.41) is 16.9. The molecule has 0 bridgehead atoms. The molecule has 210 valence electrons. The Morgan fingerprint density at radius 2 is 1.83 bits per heavy atom. The molecule has 4 aromatic rings. The van der Waals surface area contributed by atoms with Crippen molar-refractivity contribution in [1.82, 2.24) is 10.3 Å². The first-order chi connectivity index (χ1) is 20.0. The molecule has 1 aromatic heterocycles. The summed E-state index contributed by atoms with van der Waals surface area (Å²) in [5.74, 6) is 0.562. The Morgan fingerprint density at radius 1 is 1.07 bits per heavy atom. The number of nitrogens with zero attached hydrogens (tertiary/aromatic N) is 4. The van der Waals surface area contributed by atoms with Crippen molar-refractivity contribution in [2.75, 3.05) is 49.6 Å². The maximum Gasteiger partial charge on any atom is 0.317 e. The summed E-state index contributed by atoms with van der Waals surface area (Å²) in [5.41, 5.74) is 4.61. The summed E-state index contributed by atoms with van der Waals surface area (Å²) >= 11 is 6.18. The Balaban J connectivity index is 1.25. The molecule has 1 saturated heterocycles. The number of hydrogen-bond donors (Lipinski definition) is 1. The highest BCUT2D eigenvalue weighted by Gasteiger charge is 2.40. The van der Waals surface area contributed by atoms with Crippen molar-refractivity contribution in [3.63, 3.8) is 0 Å². The molecule has 9 nitrogen and oxygen atoms in total. The minimum Gasteiger partial charge on any atom is -0.490 e. The molecule has 3 heterocycles. The number of fused-ring (bicyclic) bond motifs is 2. The Hall–Kier alpha value is -4.50. The van der Waals surface area contributed by atoms with Crippen molar-refractivity contribution >= 4 is 33.9 Å². The predicted molar refractivity (Wildman–Crippen MR) is 161 cm³/mol. The molecule has 0 saturated carbocycles. The van der Waals surface area contributed by atoms with E-state index in [1.165, 1.54) is 0 Å². The zero-order valence-electron chi connectivity index (χ0n) is 22.8. The maximum absolute atomic E-state index is 12.3. The van der Waals surface area contributed by atoms with Crippen LogP contribution in [0.4, 0.5) is 11.4 Å². The van der Waals surface area contributed by atoms with Crippen LogP contribution in [0.2, 0.25) is 5.02 Å². The molecule has 3 aromatic carbocycles. The highest BCUT2D eigenvalue weighted by molar-refractivity contribution is 6.31. The molecule has 6 rings (SSSR count). The minimum absolute atomic E-state index is 0.0270. The Bertz CT molecular complexity index is 1630. The van der Waals surface area contributed by atoms with E-state index in [1.807, 2.05) is 73.8 Å². The van der Waals surface area contributed by atoms with E-state index in [1.54, 1.807) is 7.05 Å². The van der Waals surface area contributed by atoms with E-state index in [0.29, 0.717) is 28.7 Å². The second-order valence-electron chi connectivity index (χ2n) is 9.92. The van der Waals surface area contributed by atoms with Gasteiger partial charge in [0.05, 0.1) is 17.0 Å². The molecule has 0 amide bonds. The van der Waals surface area contributed by atoms with E-state index < -0.39 is 5.92 Å². The first-order valence-corrected chi connectivity index (χ1v) is 14.0. The van der Waals surface area contributed by atoms with Crippen molar-refractivity contribution in [2.45, 2.75) is 12.8 Å². The summed E-state index contributed by atoms with van der Waals surface area (Å²) in [6.45, 7) is 5.76. The van der Waals surface area contributed by atoms with Crippen molar-refractivity contribution in [3.8, 4) is 11.5 Å². The number of halogens is 1. The third kappa shape index (κ3) is 4.97. The van der Waals surface area contributed by atoms with Gasteiger partial charge in [0, 0.05) is 66.8 Å². The van der Waals surface area contributed by atoms with Gasteiger partial charge in [-0.25, -0.2) is 0 Å². The summed E-state index contributed by atoms with van der Waals surface area (Å²) < 4.78 is 11.7. The second-order valence-corrected chi connectivity index (χ2v) is 10.4. The van der Waals surface area contributed by atoms with Gasteiger partial charge in [-0.15, -0.1) is 0 Å². The molecule has 1 atom stereocenters. The molecule has 1 N–H and O–H groups in total. The number of hydrogen-bond acceptors (Lipinski definition) is 8. The van der Waals surface area contributed by atoms with Crippen LogP contribution in [0, 0.1) is 10.1 Å². The number of para-hydroxylation sites is 1. The zero-order chi connectivity index (χ0) is 28.5. The fraction of sp³-hybridized carbons (Fsp3) is 0.258. The summed E-state index contributed by atoms with van der Waals surface area (Å²) in [7, 11) is 1.62. The topological polar surface area (TPSA) is 93.0 Å². The van der Waals surface area contributed by atoms with Crippen LogP contribution in [0.25, 0.3) is 10.9 Å². The maximum atomic E-state index is 12.3. The van der Waals surface area contributed by atoms with Gasteiger partial charge in [0.2, 0.25) is 0 Å².